The molecule has 0 aliphatic heterocycles. The highest BCUT2D eigenvalue weighted by atomic mass is 19.2. The Morgan fingerprint density at radius 3 is 2.29 bits per heavy atom. The van der Waals surface area contributed by atoms with Crippen molar-refractivity contribution in [3.05, 3.63) is 75.9 Å². The minimum absolute atomic E-state index is 0.0311. The molecule has 0 aromatic heterocycles. The molecule has 0 saturated heterocycles. The van der Waals surface area contributed by atoms with Crippen LogP contribution in [0.25, 0.3) is 5.57 Å². The summed E-state index contributed by atoms with van der Waals surface area (Å²) in [6.07, 6.45) is 10.6. The maximum absolute atomic E-state index is 14.7. The van der Waals surface area contributed by atoms with Crippen molar-refractivity contribution in [3.8, 4) is 0 Å². The van der Waals surface area contributed by atoms with Gasteiger partial charge in [-0.05, 0) is 105 Å². The van der Waals surface area contributed by atoms with E-state index >= 15 is 0 Å². The molecule has 0 atom stereocenters. The lowest BCUT2D eigenvalue weighted by Gasteiger charge is -2.29. The van der Waals surface area contributed by atoms with Crippen LogP contribution in [0.2, 0.25) is 0 Å². The average molecular weight is 431 g/mol. The summed E-state index contributed by atoms with van der Waals surface area (Å²) in [6.45, 7) is 1.57. The van der Waals surface area contributed by atoms with Crippen LogP contribution in [0, 0.1) is 36.1 Å². The molecule has 0 N–H and O–H groups in total. The molecule has 4 heteroatoms. The fraction of sp³-hybridized carbons (Fsp3) is 0.481. The van der Waals surface area contributed by atoms with E-state index in [1.165, 1.54) is 0 Å². The summed E-state index contributed by atoms with van der Waals surface area (Å²) in [4.78, 5) is 0. The Kier molecular flexibility index (Phi) is 6.83. The maximum atomic E-state index is 14.7. The molecule has 31 heavy (non-hydrogen) atoms. The zero-order valence-electron chi connectivity index (χ0n) is 18.1. The Labute approximate surface area is 182 Å². The van der Waals surface area contributed by atoms with Crippen LogP contribution >= 0.6 is 0 Å². The van der Waals surface area contributed by atoms with E-state index in [0.29, 0.717) is 34.6 Å². The summed E-state index contributed by atoms with van der Waals surface area (Å²) in [6, 6.07) is 6.82. The number of allylic oxidation sites excluding steroid dienone is 2. The molecule has 0 bridgehead atoms. The van der Waals surface area contributed by atoms with Crippen molar-refractivity contribution in [1.29, 1.82) is 0 Å². The summed E-state index contributed by atoms with van der Waals surface area (Å²) in [7, 11) is 0. The van der Waals surface area contributed by atoms with Gasteiger partial charge in [0, 0.05) is 5.56 Å². The Morgan fingerprint density at radius 2 is 1.58 bits per heavy atom. The van der Waals surface area contributed by atoms with Gasteiger partial charge in [0.2, 0.25) is 0 Å². The maximum Gasteiger partial charge on any atom is 0.166 e. The normalized spacial score (nSPS) is 21.8. The van der Waals surface area contributed by atoms with E-state index in [0.717, 1.165) is 63.4 Å². The summed E-state index contributed by atoms with van der Waals surface area (Å²) in [5.41, 5.74) is 2.57. The topological polar surface area (TPSA) is 0 Å². The first-order valence-corrected chi connectivity index (χ1v) is 11.6. The van der Waals surface area contributed by atoms with Gasteiger partial charge in [-0.2, -0.15) is 0 Å². The Hall–Kier alpha value is -2.10. The summed E-state index contributed by atoms with van der Waals surface area (Å²) in [5, 5.41) is 0. The summed E-state index contributed by atoms with van der Waals surface area (Å²) in [5.74, 6) is -2.46. The molecule has 0 unspecified atom stereocenters. The van der Waals surface area contributed by atoms with Gasteiger partial charge in [-0.1, -0.05) is 30.3 Å². The van der Waals surface area contributed by atoms with E-state index in [4.69, 9.17) is 0 Å². The quantitative estimate of drug-likeness (QED) is 0.418. The number of rotatable bonds is 5. The van der Waals surface area contributed by atoms with Crippen LogP contribution in [0.15, 0.2) is 30.3 Å². The fourth-order valence-corrected chi connectivity index (χ4v) is 5.21. The van der Waals surface area contributed by atoms with Gasteiger partial charge in [0.15, 0.2) is 23.3 Å². The third kappa shape index (κ3) is 4.73. The van der Waals surface area contributed by atoms with Gasteiger partial charge >= 0.3 is 0 Å². The van der Waals surface area contributed by atoms with Crippen LogP contribution in [0.1, 0.15) is 86.0 Å². The zero-order valence-corrected chi connectivity index (χ0v) is 18.1. The van der Waals surface area contributed by atoms with Crippen molar-refractivity contribution in [2.24, 2.45) is 5.92 Å². The first-order valence-electron chi connectivity index (χ1n) is 11.6. The smallest absolute Gasteiger partial charge is 0.166 e. The van der Waals surface area contributed by atoms with Crippen LogP contribution < -0.4 is 0 Å². The van der Waals surface area contributed by atoms with Crippen LogP contribution in [-0.2, 0) is 6.42 Å². The van der Waals surface area contributed by atoms with Gasteiger partial charge < -0.3 is 0 Å². The molecule has 1 saturated carbocycles. The highest BCUT2D eigenvalue weighted by molar-refractivity contribution is 5.67. The van der Waals surface area contributed by atoms with E-state index in [1.54, 1.807) is 31.2 Å². The SMILES string of the molecule is Cc1ccc(C2CCC(CCc3ccc(C4=CCCCC4)c(F)c3F)CC2)c(F)c1F. The number of halogens is 4. The third-order valence-electron chi connectivity index (χ3n) is 7.21. The molecule has 2 aliphatic carbocycles. The lowest BCUT2D eigenvalue weighted by Crippen LogP contribution is -2.16. The largest absolute Gasteiger partial charge is 0.203 e. The number of hydrogen-bond acceptors (Lipinski definition) is 0. The molecule has 0 heterocycles. The molecule has 4 rings (SSSR count). The van der Waals surface area contributed by atoms with E-state index in [1.807, 2.05) is 6.08 Å². The number of hydrogen-bond donors (Lipinski definition) is 0. The third-order valence-corrected chi connectivity index (χ3v) is 7.21. The van der Waals surface area contributed by atoms with E-state index < -0.39 is 23.3 Å². The van der Waals surface area contributed by atoms with Crippen molar-refractivity contribution < 1.29 is 17.6 Å². The second kappa shape index (κ2) is 9.58. The van der Waals surface area contributed by atoms with Crippen LogP contribution in [-0.4, -0.2) is 0 Å². The van der Waals surface area contributed by atoms with Crippen LogP contribution in [0.4, 0.5) is 17.6 Å². The van der Waals surface area contributed by atoms with Gasteiger partial charge in [-0.3, -0.25) is 0 Å². The molecule has 1 fully saturated rings. The zero-order chi connectivity index (χ0) is 22.0. The molecular weight excluding hydrogens is 400 g/mol. The predicted molar refractivity (Wildman–Crippen MR) is 117 cm³/mol. The van der Waals surface area contributed by atoms with Gasteiger partial charge in [-0.25, -0.2) is 17.6 Å². The monoisotopic (exact) mass is 430 g/mol. The minimum Gasteiger partial charge on any atom is -0.203 e. The average Bonchev–Trinajstić information content (AvgIpc) is 2.80. The lowest BCUT2D eigenvalue weighted by atomic mass is 9.76. The molecule has 0 amide bonds. The number of benzene rings is 2. The molecule has 0 spiro atoms. The summed E-state index contributed by atoms with van der Waals surface area (Å²) >= 11 is 0. The van der Waals surface area contributed by atoms with Gasteiger partial charge in [-0.15, -0.1) is 0 Å². The van der Waals surface area contributed by atoms with Crippen molar-refractivity contribution in [1.82, 2.24) is 0 Å². The molecular formula is C27H30F4. The van der Waals surface area contributed by atoms with E-state index in [9.17, 15) is 17.6 Å². The molecule has 0 radical (unpaired) electrons. The van der Waals surface area contributed by atoms with Crippen molar-refractivity contribution in [2.75, 3.05) is 0 Å². The molecule has 0 nitrogen and oxygen atoms in total. The Morgan fingerprint density at radius 1 is 0.806 bits per heavy atom. The van der Waals surface area contributed by atoms with Gasteiger partial charge in [0.1, 0.15) is 0 Å². The van der Waals surface area contributed by atoms with Crippen LogP contribution in [0.5, 0.6) is 0 Å². The van der Waals surface area contributed by atoms with Crippen LogP contribution in [0.3, 0.4) is 0 Å². The van der Waals surface area contributed by atoms with Crippen molar-refractivity contribution in [2.45, 2.75) is 77.0 Å². The standard InChI is InChI=1S/C27H30F4/c1-17-7-15-22(26(30)24(17)28)20-11-8-18(9-12-20)10-13-21-14-16-23(27(31)25(21)29)19-5-3-2-4-6-19/h5,7,14-16,18,20H,2-4,6,8-13H2,1H3. The first-order chi connectivity index (χ1) is 15.0. The highest BCUT2D eigenvalue weighted by Gasteiger charge is 2.26. The molecule has 2 aromatic carbocycles. The molecule has 2 aromatic rings. The number of aryl methyl sites for hydroxylation is 2. The fourth-order valence-electron chi connectivity index (χ4n) is 5.21. The second-order valence-corrected chi connectivity index (χ2v) is 9.23. The molecule has 2 aliphatic rings. The Bertz CT molecular complexity index is 968. The lowest BCUT2D eigenvalue weighted by molar-refractivity contribution is 0.303. The minimum atomic E-state index is -0.746. The van der Waals surface area contributed by atoms with Gasteiger partial charge in [0.25, 0.3) is 0 Å². The predicted octanol–water partition coefficient (Wildman–Crippen LogP) is 8.42. The van der Waals surface area contributed by atoms with Crippen molar-refractivity contribution in [3.63, 3.8) is 0 Å². The van der Waals surface area contributed by atoms with E-state index in [2.05, 4.69) is 0 Å². The van der Waals surface area contributed by atoms with E-state index in [-0.39, 0.29) is 5.92 Å². The molecule has 166 valence electrons. The second-order valence-electron chi connectivity index (χ2n) is 9.23. The summed E-state index contributed by atoms with van der Waals surface area (Å²) < 4.78 is 57.6. The van der Waals surface area contributed by atoms with Gasteiger partial charge in [0.05, 0.1) is 0 Å². The highest BCUT2D eigenvalue weighted by Crippen LogP contribution is 2.39. The Balaban J connectivity index is 1.35. The van der Waals surface area contributed by atoms with Crippen molar-refractivity contribution >= 4 is 5.57 Å². The first kappa shape index (κ1) is 22.1.